The molecule has 1 saturated carbocycles. The molecule has 1 aliphatic heterocycles. The molecule has 1 N–H and O–H groups in total. The number of hydrogen-bond acceptors (Lipinski definition) is 3. The molecule has 0 spiro atoms. The predicted octanol–water partition coefficient (Wildman–Crippen LogP) is 3.10. The van der Waals surface area contributed by atoms with Crippen LogP contribution in [0.4, 0.5) is 5.69 Å². The van der Waals surface area contributed by atoms with Crippen molar-refractivity contribution in [2.45, 2.75) is 39.0 Å². The number of benzene rings is 1. The maximum absolute atomic E-state index is 12.4. The van der Waals surface area contributed by atoms with E-state index in [1.165, 1.54) is 4.90 Å². The lowest BCUT2D eigenvalue weighted by atomic mass is 9.81. The topological polar surface area (TPSA) is 66.5 Å². The largest absolute Gasteiger partial charge is 0.326 e. The van der Waals surface area contributed by atoms with E-state index in [0.29, 0.717) is 0 Å². The quantitative estimate of drug-likeness (QED) is 0.578. The second-order valence-corrected chi connectivity index (χ2v) is 7.75. The maximum Gasteiger partial charge on any atom is 0.233 e. The van der Waals surface area contributed by atoms with Gasteiger partial charge < -0.3 is 5.32 Å². The fraction of sp³-hybridized carbons (Fsp3) is 0.500. The summed E-state index contributed by atoms with van der Waals surface area (Å²) in [4.78, 5) is 38.2. The predicted molar refractivity (Wildman–Crippen MR) is 99.3 cm³/mol. The van der Waals surface area contributed by atoms with E-state index in [0.717, 1.165) is 40.5 Å². The molecule has 1 aromatic carbocycles. The van der Waals surface area contributed by atoms with Gasteiger partial charge in [0.25, 0.3) is 0 Å². The zero-order chi connectivity index (χ0) is 17.3. The van der Waals surface area contributed by atoms with E-state index >= 15 is 0 Å². The van der Waals surface area contributed by atoms with Gasteiger partial charge in [-0.15, -0.1) is 0 Å². The maximum atomic E-state index is 12.4. The molecule has 24 heavy (non-hydrogen) atoms. The van der Waals surface area contributed by atoms with Gasteiger partial charge in [0.15, 0.2) is 0 Å². The Morgan fingerprint density at radius 2 is 1.83 bits per heavy atom. The zero-order valence-corrected chi connectivity index (χ0v) is 15.8. The summed E-state index contributed by atoms with van der Waals surface area (Å²) in [6.07, 6.45) is 3.78. The molecular weight excluding hydrogens is 419 g/mol. The number of nitrogens with one attached hydrogen (secondary N) is 1. The van der Waals surface area contributed by atoms with Crippen LogP contribution in [-0.2, 0) is 14.4 Å². The molecule has 1 aliphatic carbocycles. The summed E-state index contributed by atoms with van der Waals surface area (Å²) in [6.45, 7) is 2.19. The van der Waals surface area contributed by atoms with Crippen LogP contribution in [0.3, 0.4) is 0 Å². The molecular formula is C18H21IN2O3. The van der Waals surface area contributed by atoms with Gasteiger partial charge in [-0.2, -0.15) is 0 Å². The van der Waals surface area contributed by atoms with Crippen molar-refractivity contribution < 1.29 is 14.4 Å². The van der Waals surface area contributed by atoms with Gasteiger partial charge in [-0.3, -0.25) is 19.3 Å². The number of carbonyl (C=O) groups is 3. The van der Waals surface area contributed by atoms with Crippen LogP contribution in [0.2, 0.25) is 0 Å². The van der Waals surface area contributed by atoms with Gasteiger partial charge in [0.2, 0.25) is 17.7 Å². The van der Waals surface area contributed by atoms with E-state index in [1.54, 1.807) is 0 Å². The van der Waals surface area contributed by atoms with Gasteiger partial charge in [-0.05, 0) is 60.1 Å². The summed E-state index contributed by atoms with van der Waals surface area (Å²) in [5, 5.41) is 2.83. The molecule has 1 heterocycles. The highest BCUT2D eigenvalue weighted by Crippen LogP contribution is 2.37. The van der Waals surface area contributed by atoms with Crippen LogP contribution < -0.4 is 5.32 Å². The summed E-state index contributed by atoms with van der Waals surface area (Å²) in [6, 6.07) is 5.72. The lowest BCUT2D eigenvalue weighted by molar-refractivity contribution is -0.140. The number of nitrogens with zero attached hydrogens (tertiary/aromatic N) is 1. The lowest BCUT2D eigenvalue weighted by Gasteiger charge is -2.19. The summed E-state index contributed by atoms with van der Waals surface area (Å²) < 4.78 is 1.08. The summed E-state index contributed by atoms with van der Waals surface area (Å²) in [7, 11) is 0. The van der Waals surface area contributed by atoms with Crippen molar-refractivity contribution in [3.05, 3.63) is 27.3 Å². The van der Waals surface area contributed by atoms with Crippen LogP contribution in [0.1, 0.15) is 37.7 Å². The molecule has 6 heteroatoms. The van der Waals surface area contributed by atoms with Crippen molar-refractivity contribution in [1.82, 2.24) is 4.90 Å². The third-order valence-corrected chi connectivity index (χ3v) is 6.11. The highest BCUT2D eigenvalue weighted by atomic mass is 127. The number of imide groups is 1. The fourth-order valence-corrected chi connectivity index (χ4v) is 4.07. The molecule has 128 valence electrons. The van der Waals surface area contributed by atoms with Crippen molar-refractivity contribution in [3.63, 3.8) is 0 Å². The standard InChI is InChI=1S/C18H21IN2O3/c1-11-6-7-12(10-15(11)19)20-16(22)8-9-21-17(23)13-4-2-3-5-14(13)18(21)24/h6-7,10,13-14H,2-5,8-9H2,1H3,(H,20,22). The molecule has 2 aliphatic rings. The number of anilines is 1. The number of fused-ring (bicyclic) bond motifs is 1. The Bertz CT molecular complexity index is 665. The number of aryl methyl sites for hydroxylation is 1. The first-order chi connectivity index (χ1) is 11.5. The molecule has 1 aromatic rings. The number of likely N-dealkylation sites (tertiary alicyclic amines) is 1. The molecule has 5 nitrogen and oxygen atoms in total. The van der Waals surface area contributed by atoms with Gasteiger partial charge in [-0.25, -0.2) is 0 Å². The van der Waals surface area contributed by atoms with Crippen molar-refractivity contribution in [2.24, 2.45) is 11.8 Å². The van der Waals surface area contributed by atoms with Crippen LogP contribution in [0.25, 0.3) is 0 Å². The molecule has 2 atom stereocenters. The normalized spacial score (nSPS) is 23.3. The monoisotopic (exact) mass is 440 g/mol. The average Bonchev–Trinajstić information content (AvgIpc) is 2.81. The molecule has 0 bridgehead atoms. The van der Waals surface area contributed by atoms with Gasteiger partial charge in [-0.1, -0.05) is 18.9 Å². The molecule has 3 amide bonds. The van der Waals surface area contributed by atoms with Crippen molar-refractivity contribution in [3.8, 4) is 0 Å². The number of rotatable bonds is 4. The van der Waals surface area contributed by atoms with Gasteiger partial charge in [0, 0.05) is 22.2 Å². The first kappa shape index (κ1) is 17.4. The molecule has 2 unspecified atom stereocenters. The molecule has 0 radical (unpaired) electrons. The highest BCUT2D eigenvalue weighted by Gasteiger charge is 2.47. The van der Waals surface area contributed by atoms with Gasteiger partial charge >= 0.3 is 0 Å². The Balaban J connectivity index is 1.57. The number of amides is 3. The molecule has 3 rings (SSSR count). The zero-order valence-electron chi connectivity index (χ0n) is 13.7. The van der Waals surface area contributed by atoms with Crippen LogP contribution in [0, 0.1) is 22.3 Å². The van der Waals surface area contributed by atoms with E-state index < -0.39 is 0 Å². The second kappa shape index (κ2) is 7.21. The summed E-state index contributed by atoms with van der Waals surface area (Å²) >= 11 is 2.22. The minimum absolute atomic E-state index is 0.0811. The van der Waals surface area contributed by atoms with Crippen LogP contribution >= 0.6 is 22.6 Å². The van der Waals surface area contributed by atoms with Crippen LogP contribution in [-0.4, -0.2) is 29.2 Å². The van der Waals surface area contributed by atoms with E-state index in [-0.39, 0.29) is 42.5 Å². The van der Waals surface area contributed by atoms with Crippen molar-refractivity contribution in [1.29, 1.82) is 0 Å². The van der Waals surface area contributed by atoms with Crippen molar-refractivity contribution >= 4 is 46.0 Å². The molecule has 1 saturated heterocycles. The van der Waals surface area contributed by atoms with Crippen molar-refractivity contribution in [2.75, 3.05) is 11.9 Å². The number of carbonyl (C=O) groups excluding carboxylic acids is 3. The number of halogens is 1. The second-order valence-electron chi connectivity index (χ2n) is 6.59. The minimum atomic E-state index is -0.176. The van der Waals surface area contributed by atoms with Crippen LogP contribution in [0.5, 0.6) is 0 Å². The first-order valence-corrected chi connectivity index (χ1v) is 9.46. The smallest absolute Gasteiger partial charge is 0.233 e. The summed E-state index contributed by atoms with van der Waals surface area (Å²) in [5.41, 5.74) is 1.90. The van der Waals surface area contributed by atoms with E-state index in [4.69, 9.17) is 0 Å². The Morgan fingerprint density at radius 3 is 2.42 bits per heavy atom. The molecule has 2 fully saturated rings. The Morgan fingerprint density at radius 1 is 1.21 bits per heavy atom. The Labute approximate surface area is 155 Å². The third kappa shape index (κ3) is 3.48. The molecule has 0 aromatic heterocycles. The Kier molecular flexibility index (Phi) is 5.22. The Hall–Kier alpha value is -1.44. The average molecular weight is 440 g/mol. The van der Waals surface area contributed by atoms with E-state index in [9.17, 15) is 14.4 Å². The van der Waals surface area contributed by atoms with E-state index in [1.807, 2.05) is 25.1 Å². The lowest BCUT2D eigenvalue weighted by Crippen LogP contribution is -2.34. The fourth-order valence-electron chi connectivity index (χ4n) is 3.56. The first-order valence-electron chi connectivity index (χ1n) is 8.38. The summed E-state index contributed by atoms with van der Waals surface area (Å²) in [5.74, 6) is -0.629. The van der Waals surface area contributed by atoms with E-state index in [2.05, 4.69) is 27.9 Å². The minimum Gasteiger partial charge on any atom is -0.326 e. The van der Waals surface area contributed by atoms with Gasteiger partial charge in [0.05, 0.1) is 11.8 Å². The highest BCUT2D eigenvalue weighted by molar-refractivity contribution is 14.1. The SMILES string of the molecule is Cc1ccc(NC(=O)CCN2C(=O)C3CCCCC3C2=O)cc1I. The van der Waals surface area contributed by atoms with Crippen LogP contribution in [0.15, 0.2) is 18.2 Å². The third-order valence-electron chi connectivity index (χ3n) is 4.95. The van der Waals surface area contributed by atoms with Gasteiger partial charge in [0.1, 0.15) is 0 Å². The number of hydrogen-bond donors (Lipinski definition) is 1.